The van der Waals surface area contributed by atoms with Gasteiger partial charge in [0.1, 0.15) is 6.29 Å². The summed E-state index contributed by atoms with van der Waals surface area (Å²) in [5.74, 6) is 0. The molecule has 0 radical (unpaired) electrons. The largest absolute Gasteiger partial charge is 0.369 e. The van der Waals surface area contributed by atoms with Crippen molar-refractivity contribution >= 4 is 12.0 Å². The molecular weight excluding hydrogens is 236 g/mol. The van der Waals surface area contributed by atoms with Crippen molar-refractivity contribution in [2.24, 2.45) is 0 Å². The van der Waals surface area contributed by atoms with Crippen LogP contribution in [0.5, 0.6) is 0 Å². The molecule has 0 atom stereocenters. The van der Waals surface area contributed by atoms with Gasteiger partial charge in [-0.15, -0.1) is 0 Å². The Morgan fingerprint density at radius 1 is 1.11 bits per heavy atom. The maximum atomic E-state index is 10.4. The van der Waals surface area contributed by atoms with Crippen LogP contribution in [-0.2, 0) is 11.2 Å². The van der Waals surface area contributed by atoms with Crippen LogP contribution >= 0.6 is 0 Å². The molecule has 1 aromatic carbocycles. The van der Waals surface area contributed by atoms with Gasteiger partial charge < -0.3 is 9.69 Å². The molecule has 0 unspecified atom stereocenters. The minimum atomic E-state index is 0.620. The molecule has 3 nitrogen and oxygen atoms in total. The van der Waals surface area contributed by atoms with Crippen molar-refractivity contribution in [2.75, 3.05) is 37.6 Å². The van der Waals surface area contributed by atoms with E-state index in [4.69, 9.17) is 0 Å². The van der Waals surface area contributed by atoms with Crippen LogP contribution in [0.3, 0.4) is 0 Å². The predicted octanol–water partition coefficient (Wildman–Crippen LogP) is 2.35. The molecule has 0 aromatic heterocycles. The summed E-state index contributed by atoms with van der Waals surface area (Å²) in [5, 5.41) is 0. The topological polar surface area (TPSA) is 23.6 Å². The van der Waals surface area contributed by atoms with Crippen molar-refractivity contribution in [2.45, 2.75) is 26.2 Å². The van der Waals surface area contributed by atoms with Crippen LogP contribution in [0.15, 0.2) is 24.3 Å². The van der Waals surface area contributed by atoms with Crippen LogP contribution in [-0.4, -0.2) is 43.9 Å². The third kappa shape index (κ3) is 4.06. The monoisotopic (exact) mass is 260 g/mol. The molecule has 1 aliphatic rings. The molecule has 0 N–H and O–H groups in total. The van der Waals surface area contributed by atoms with E-state index < -0.39 is 0 Å². The Balaban J connectivity index is 1.87. The van der Waals surface area contributed by atoms with E-state index >= 15 is 0 Å². The highest BCUT2D eigenvalue weighted by Crippen LogP contribution is 2.18. The number of carbonyl (C=O) groups excluding carboxylic acids is 1. The normalized spacial score (nSPS) is 16.6. The Hall–Kier alpha value is -1.35. The fourth-order valence-corrected chi connectivity index (χ4v) is 2.64. The molecule has 1 aromatic rings. The van der Waals surface area contributed by atoms with Crippen LogP contribution < -0.4 is 4.90 Å². The standard InChI is InChI=1S/C16H24N2O/c1-2-9-17-10-12-18(13-11-17)16-7-5-15(6-8-16)4-3-14-19/h5-8,14H,2-4,9-13H2,1H3. The number of benzene rings is 1. The Bertz CT molecular complexity index is 380. The summed E-state index contributed by atoms with van der Waals surface area (Å²) < 4.78 is 0. The van der Waals surface area contributed by atoms with Gasteiger partial charge in [0.2, 0.25) is 0 Å². The number of carbonyl (C=O) groups is 1. The lowest BCUT2D eigenvalue weighted by molar-refractivity contribution is -0.107. The second kappa shape index (κ2) is 7.29. The summed E-state index contributed by atoms with van der Waals surface area (Å²) in [5.41, 5.74) is 2.56. The molecule has 1 heterocycles. The van der Waals surface area contributed by atoms with Crippen LogP contribution in [0.2, 0.25) is 0 Å². The average Bonchev–Trinajstić information content (AvgIpc) is 2.47. The van der Waals surface area contributed by atoms with Crippen molar-refractivity contribution in [1.29, 1.82) is 0 Å². The van der Waals surface area contributed by atoms with E-state index in [0.29, 0.717) is 6.42 Å². The van der Waals surface area contributed by atoms with Gasteiger partial charge in [0.15, 0.2) is 0 Å². The van der Waals surface area contributed by atoms with Crippen molar-refractivity contribution in [3.05, 3.63) is 29.8 Å². The quantitative estimate of drug-likeness (QED) is 0.734. The SMILES string of the molecule is CCCN1CCN(c2ccc(CCC=O)cc2)CC1. The van der Waals surface area contributed by atoms with Crippen molar-refractivity contribution < 1.29 is 4.79 Å². The summed E-state index contributed by atoms with van der Waals surface area (Å²) in [6.07, 6.45) is 3.70. The first kappa shape index (κ1) is 14.1. The number of hydrogen-bond donors (Lipinski definition) is 0. The molecule has 3 heteroatoms. The summed E-state index contributed by atoms with van der Waals surface area (Å²) in [6, 6.07) is 8.68. The molecule has 2 rings (SSSR count). The molecule has 1 aliphatic heterocycles. The molecule has 0 aliphatic carbocycles. The lowest BCUT2D eigenvalue weighted by atomic mass is 10.1. The number of hydrogen-bond acceptors (Lipinski definition) is 3. The number of nitrogens with zero attached hydrogens (tertiary/aromatic N) is 2. The first-order chi connectivity index (χ1) is 9.33. The first-order valence-corrected chi connectivity index (χ1v) is 7.33. The molecular formula is C16H24N2O. The second-order valence-electron chi connectivity index (χ2n) is 5.20. The maximum absolute atomic E-state index is 10.4. The minimum absolute atomic E-state index is 0.620. The summed E-state index contributed by atoms with van der Waals surface area (Å²) in [7, 11) is 0. The van der Waals surface area contributed by atoms with Crippen LogP contribution in [0.1, 0.15) is 25.3 Å². The number of anilines is 1. The minimum Gasteiger partial charge on any atom is -0.369 e. The zero-order valence-electron chi connectivity index (χ0n) is 11.8. The average molecular weight is 260 g/mol. The lowest BCUT2D eigenvalue weighted by Gasteiger charge is -2.36. The van der Waals surface area contributed by atoms with E-state index in [1.807, 2.05) is 0 Å². The smallest absolute Gasteiger partial charge is 0.120 e. The summed E-state index contributed by atoms with van der Waals surface area (Å²) in [6.45, 7) is 8.03. The molecule has 1 saturated heterocycles. The van der Waals surface area contributed by atoms with Gasteiger partial charge in [0.25, 0.3) is 0 Å². The van der Waals surface area contributed by atoms with Crippen LogP contribution in [0, 0.1) is 0 Å². The highest BCUT2D eigenvalue weighted by Gasteiger charge is 2.16. The number of aryl methyl sites for hydroxylation is 1. The van der Waals surface area contributed by atoms with Crippen molar-refractivity contribution in [1.82, 2.24) is 4.90 Å². The summed E-state index contributed by atoms with van der Waals surface area (Å²) in [4.78, 5) is 15.4. The first-order valence-electron chi connectivity index (χ1n) is 7.33. The summed E-state index contributed by atoms with van der Waals surface area (Å²) >= 11 is 0. The number of aldehydes is 1. The maximum Gasteiger partial charge on any atom is 0.120 e. The van der Waals surface area contributed by atoms with Gasteiger partial charge in [-0.05, 0) is 37.1 Å². The zero-order chi connectivity index (χ0) is 13.5. The number of piperazine rings is 1. The molecule has 1 fully saturated rings. The van der Waals surface area contributed by atoms with Gasteiger partial charge in [0.05, 0.1) is 0 Å². The van der Waals surface area contributed by atoms with Gasteiger partial charge in [-0.2, -0.15) is 0 Å². The molecule has 104 valence electrons. The van der Waals surface area contributed by atoms with Gasteiger partial charge >= 0.3 is 0 Å². The van der Waals surface area contributed by atoms with E-state index in [-0.39, 0.29) is 0 Å². The molecule has 19 heavy (non-hydrogen) atoms. The number of rotatable bonds is 6. The zero-order valence-corrected chi connectivity index (χ0v) is 11.8. The van der Waals surface area contributed by atoms with E-state index in [0.717, 1.165) is 25.8 Å². The molecule has 0 saturated carbocycles. The Morgan fingerprint density at radius 2 is 1.79 bits per heavy atom. The highest BCUT2D eigenvalue weighted by molar-refractivity contribution is 5.51. The van der Waals surface area contributed by atoms with Gasteiger partial charge in [-0.3, -0.25) is 4.90 Å². The van der Waals surface area contributed by atoms with Crippen molar-refractivity contribution in [3.8, 4) is 0 Å². The molecule has 0 bridgehead atoms. The van der Waals surface area contributed by atoms with E-state index in [1.165, 1.54) is 37.3 Å². The van der Waals surface area contributed by atoms with Gasteiger partial charge in [-0.1, -0.05) is 19.1 Å². The van der Waals surface area contributed by atoms with E-state index in [9.17, 15) is 4.79 Å². The van der Waals surface area contributed by atoms with Gasteiger partial charge in [-0.25, -0.2) is 0 Å². The second-order valence-corrected chi connectivity index (χ2v) is 5.20. The Labute approximate surface area is 116 Å². The highest BCUT2D eigenvalue weighted by atomic mass is 16.1. The third-order valence-corrected chi connectivity index (χ3v) is 3.76. The van der Waals surface area contributed by atoms with Crippen LogP contribution in [0.4, 0.5) is 5.69 Å². The van der Waals surface area contributed by atoms with E-state index in [1.54, 1.807) is 0 Å². The molecule has 0 spiro atoms. The predicted molar refractivity (Wildman–Crippen MR) is 79.8 cm³/mol. The van der Waals surface area contributed by atoms with E-state index in [2.05, 4.69) is 41.0 Å². The fraction of sp³-hybridized carbons (Fsp3) is 0.562. The Morgan fingerprint density at radius 3 is 2.37 bits per heavy atom. The van der Waals surface area contributed by atoms with Crippen LogP contribution in [0.25, 0.3) is 0 Å². The fourth-order valence-electron chi connectivity index (χ4n) is 2.64. The van der Waals surface area contributed by atoms with Crippen molar-refractivity contribution in [3.63, 3.8) is 0 Å². The van der Waals surface area contributed by atoms with Gasteiger partial charge in [0, 0.05) is 38.3 Å². The lowest BCUT2D eigenvalue weighted by Crippen LogP contribution is -2.46. The third-order valence-electron chi connectivity index (χ3n) is 3.76. The Kier molecular flexibility index (Phi) is 5.40. The molecule has 0 amide bonds.